The van der Waals surface area contributed by atoms with Gasteiger partial charge in [0.15, 0.2) is 0 Å². The number of halogens is 5. The highest BCUT2D eigenvalue weighted by molar-refractivity contribution is 9.10. The summed E-state index contributed by atoms with van der Waals surface area (Å²) >= 11 is 2.93. The summed E-state index contributed by atoms with van der Waals surface area (Å²) in [5.74, 6) is -0.637. The Bertz CT molecular complexity index is 420. The topological polar surface area (TPSA) is 29.3 Å². The maximum absolute atomic E-state index is 13.4. The predicted molar refractivity (Wildman–Crippen MR) is 67.1 cm³/mol. The molecule has 7 heteroatoms. The summed E-state index contributed by atoms with van der Waals surface area (Å²) in [5.41, 5.74) is 5.81. The van der Waals surface area contributed by atoms with E-state index in [0.717, 1.165) is 11.0 Å². The van der Waals surface area contributed by atoms with Gasteiger partial charge in [0.1, 0.15) is 12.4 Å². The van der Waals surface area contributed by atoms with Crippen LogP contribution in [0.4, 0.5) is 28.9 Å². The quantitative estimate of drug-likeness (QED) is 0.669. The number of nitrogens with zero attached hydrogens (tertiary/aromatic N) is 1. The van der Waals surface area contributed by atoms with Gasteiger partial charge in [-0.05, 0) is 28.4 Å². The minimum Gasteiger partial charge on any atom is -0.397 e. The molecule has 0 aliphatic carbocycles. The first kappa shape index (κ1) is 15.1. The average Bonchev–Trinajstić information content (AvgIpc) is 2.21. The summed E-state index contributed by atoms with van der Waals surface area (Å²) in [6.07, 6.45) is -3.85. The highest BCUT2D eigenvalue weighted by Gasteiger charge is 2.31. The van der Waals surface area contributed by atoms with Crippen LogP contribution >= 0.6 is 15.9 Å². The fraction of sp³-hybridized carbons (Fsp3) is 0.455. The second kappa shape index (κ2) is 5.77. The van der Waals surface area contributed by atoms with E-state index in [-0.39, 0.29) is 22.4 Å². The highest BCUT2D eigenvalue weighted by atomic mass is 79.9. The van der Waals surface area contributed by atoms with E-state index in [1.165, 1.54) is 6.07 Å². The number of rotatable bonds is 4. The molecular weight excluding hydrogens is 316 g/mol. The second-order valence-corrected chi connectivity index (χ2v) is 4.72. The fourth-order valence-electron chi connectivity index (χ4n) is 1.60. The van der Waals surface area contributed by atoms with Crippen LogP contribution in [0.5, 0.6) is 0 Å². The Hall–Kier alpha value is -0.980. The van der Waals surface area contributed by atoms with Gasteiger partial charge in [0.2, 0.25) is 0 Å². The van der Waals surface area contributed by atoms with Crippen molar-refractivity contribution in [3.8, 4) is 0 Å². The van der Waals surface area contributed by atoms with Crippen molar-refractivity contribution in [3.63, 3.8) is 0 Å². The molecule has 18 heavy (non-hydrogen) atoms. The zero-order valence-electron chi connectivity index (χ0n) is 9.69. The van der Waals surface area contributed by atoms with E-state index in [2.05, 4.69) is 15.9 Å². The lowest BCUT2D eigenvalue weighted by molar-refractivity contribution is -0.119. The lowest BCUT2D eigenvalue weighted by atomic mass is 10.2. The van der Waals surface area contributed by atoms with Crippen molar-refractivity contribution >= 4 is 27.3 Å². The Morgan fingerprint density at radius 1 is 1.33 bits per heavy atom. The Morgan fingerprint density at radius 3 is 2.44 bits per heavy atom. The maximum Gasteiger partial charge on any atom is 0.405 e. The van der Waals surface area contributed by atoms with Crippen molar-refractivity contribution in [1.82, 2.24) is 0 Å². The summed E-state index contributed by atoms with van der Waals surface area (Å²) in [4.78, 5) is 1.03. The van der Waals surface area contributed by atoms with Crippen molar-refractivity contribution in [3.05, 3.63) is 22.4 Å². The normalized spacial score (nSPS) is 11.7. The molecule has 2 nitrogen and oxygen atoms in total. The molecule has 0 atom stereocenters. The monoisotopic (exact) mass is 328 g/mol. The van der Waals surface area contributed by atoms with Gasteiger partial charge >= 0.3 is 6.18 Å². The van der Waals surface area contributed by atoms with Gasteiger partial charge in [0.25, 0.3) is 0 Å². The van der Waals surface area contributed by atoms with Gasteiger partial charge in [-0.3, -0.25) is 0 Å². The van der Waals surface area contributed by atoms with Crippen molar-refractivity contribution in [1.29, 1.82) is 0 Å². The molecule has 0 saturated heterocycles. The molecule has 0 heterocycles. The average molecular weight is 329 g/mol. The Kier molecular flexibility index (Phi) is 4.84. The number of nitrogens with two attached hydrogens (primary N) is 1. The van der Waals surface area contributed by atoms with Crippen LogP contribution in [0, 0.1) is 5.82 Å². The smallest absolute Gasteiger partial charge is 0.397 e. The number of alkyl halides is 3. The number of hydrogen-bond acceptors (Lipinski definition) is 2. The largest absolute Gasteiger partial charge is 0.405 e. The number of nitrogen functional groups attached to an aromatic ring is 1. The number of hydrogen-bond donors (Lipinski definition) is 1. The van der Waals surface area contributed by atoms with Crippen LogP contribution < -0.4 is 10.6 Å². The molecule has 102 valence electrons. The first-order valence-electron chi connectivity index (χ1n) is 5.31. The third-order valence-electron chi connectivity index (χ3n) is 2.27. The SMILES string of the molecule is CCCN(CC(F)(F)F)c1cc(F)c(Br)cc1N. The van der Waals surface area contributed by atoms with Crippen LogP contribution in [0.1, 0.15) is 13.3 Å². The fourth-order valence-corrected chi connectivity index (χ4v) is 1.96. The van der Waals surface area contributed by atoms with Gasteiger partial charge in [0.05, 0.1) is 15.8 Å². The Labute approximate surface area is 111 Å². The van der Waals surface area contributed by atoms with Crippen molar-refractivity contribution in [2.45, 2.75) is 19.5 Å². The van der Waals surface area contributed by atoms with Gasteiger partial charge in [-0.1, -0.05) is 6.92 Å². The summed E-state index contributed by atoms with van der Waals surface area (Å²) in [7, 11) is 0. The van der Waals surface area contributed by atoms with Crippen LogP contribution in [-0.2, 0) is 0 Å². The minimum atomic E-state index is -4.36. The second-order valence-electron chi connectivity index (χ2n) is 3.86. The van der Waals surface area contributed by atoms with Gasteiger partial charge < -0.3 is 10.6 Å². The summed E-state index contributed by atoms with van der Waals surface area (Å²) in [6, 6.07) is 2.28. The van der Waals surface area contributed by atoms with Crippen LogP contribution in [0.3, 0.4) is 0 Å². The third kappa shape index (κ3) is 4.04. The summed E-state index contributed by atoms with van der Waals surface area (Å²) in [6.45, 7) is 0.756. The zero-order chi connectivity index (χ0) is 13.9. The molecule has 1 aromatic rings. The van der Waals surface area contributed by atoms with Crippen molar-refractivity contribution < 1.29 is 17.6 Å². The van der Waals surface area contributed by atoms with Crippen molar-refractivity contribution in [2.24, 2.45) is 0 Å². The van der Waals surface area contributed by atoms with Crippen LogP contribution in [0.25, 0.3) is 0 Å². The molecule has 0 aliphatic heterocycles. The van der Waals surface area contributed by atoms with Crippen molar-refractivity contribution in [2.75, 3.05) is 23.7 Å². The molecule has 2 N–H and O–H groups in total. The molecule has 0 amide bonds. The highest BCUT2D eigenvalue weighted by Crippen LogP contribution is 2.31. The third-order valence-corrected chi connectivity index (χ3v) is 2.88. The standard InChI is InChI=1S/C11H13BrF4N2/c1-2-3-18(6-11(14,15)16)10-5-8(13)7(12)4-9(10)17/h4-5H,2-3,6,17H2,1H3. The first-order valence-corrected chi connectivity index (χ1v) is 6.10. The molecule has 0 fully saturated rings. The van der Waals surface area contributed by atoms with E-state index in [0.29, 0.717) is 6.42 Å². The summed E-state index contributed by atoms with van der Waals surface area (Å²) in [5, 5.41) is 0. The number of anilines is 2. The minimum absolute atomic E-state index is 0.0647. The lowest BCUT2D eigenvalue weighted by Gasteiger charge is -2.27. The molecule has 1 rings (SSSR count). The van der Waals surface area contributed by atoms with E-state index in [1.54, 1.807) is 6.92 Å². The first-order chi connectivity index (χ1) is 8.24. The Morgan fingerprint density at radius 2 is 1.94 bits per heavy atom. The summed E-state index contributed by atoms with van der Waals surface area (Å²) < 4.78 is 50.8. The van der Waals surface area contributed by atoms with Crippen LogP contribution in [0.2, 0.25) is 0 Å². The lowest BCUT2D eigenvalue weighted by Crippen LogP contribution is -2.35. The van der Waals surface area contributed by atoms with E-state index >= 15 is 0 Å². The van der Waals surface area contributed by atoms with E-state index in [1.807, 2.05) is 0 Å². The Balaban J connectivity index is 3.09. The van der Waals surface area contributed by atoms with Gasteiger partial charge in [-0.25, -0.2) is 4.39 Å². The molecule has 0 radical (unpaired) electrons. The molecular formula is C11H13BrF4N2. The van der Waals surface area contributed by atoms with Crippen LogP contribution in [-0.4, -0.2) is 19.3 Å². The predicted octanol–water partition coefficient (Wildman–Crippen LogP) is 3.95. The molecule has 1 aromatic carbocycles. The molecule has 0 bridgehead atoms. The molecule has 0 aliphatic rings. The molecule has 0 unspecified atom stereocenters. The van der Waals surface area contributed by atoms with E-state index in [4.69, 9.17) is 5.73 Å². The van der Waals surface area contributed by atoms with Gasteiger partial charge in [-0.15, -0.1) is 0 Å². The zero-order valence-corrected chi connectivity index (χ0v) is 11.3. The molecule has 0 aromatic heterocycles. The van der Waals surface area contributed by atoms with E-state index < -0.39 is 18.5 Å². The number of benzene rings is 1. The molecule has 0 spiro atoms. The van der Waals surface area contributed by atoms with E-state index in [9.17, 15) is 17.6 Å². The van der Waals surface area contributed by atoms with Crippen LogP contribution in [0.15, 0.2) is 16.6 Å². The van der Waals surface area contributed by atoms with Gasteiger partial charge in [0, 0.05) is 12.6 Å². The maximum atomic E-state index is 13.4. The van der Waals surface area contributed by atoms with Gasteiger partial charge in [-0.2, -0.15) is 13.2 Å². The molecule has 0 saturated carbocycles.